The van der Waals surface area contributed by atoms with Crippen LogP contribution in [0.2, 0.25) is 0 Å². The summed E-state index contributed by atoms with van der Waals surface area (Å²) in [5.74, 6) is -0.638. The highest BCUT2D eigenvalue weighted by molar-refractivity contribution is 5.96. The molecule has 9 nitrogen and oxygen atoms in total. The Bertz CT molecular complexity index is 1480. The van der Waals surface area contributed by atoms with Gasteiger partial charge in [-0.15, -0.1) is 0 Å². The van der Waals surface area contributed by atoms with Gasteiger partial charge in [0, 0.05) is 37.8 Å². The first-order valence-electron chi connectivity index (χ1n) is 13.3. The van der Waals surface area contributed by atoms with Crippen molar-refractivity contribution >= 4 is 41.4 Å². The van der Waals surface area contributed by atoms with Crippen LogP contribution in [0.4, 0.5) is 14.6 Å². The lowest BCUT2D eigenvalue weighted by atomic mass is 10.1. The third-order valence-electron chi connectivity index (χ3n) is 7.00. The Balaban J connectivity index is 1.56. The molecule has 1 aliphatic heterocycles. The first kappa shape index (κ1) is 29.2. The van der Waals surface area contributed by atoms with Gasteiger partial charge in [-0.2, -0.15) is 0 Å². The SMILES string of the molecule is C=N/C(=C(/F)C=Nc1ccc(C(=O)N2CCCN(CCO)CC2)c(C)n1)c1cc(F)c2nc(C)n(C(C)C)c2c1. The molecular formula is C29H35F2N7O2. The van der Waals surface area contributed by atoms with Gasteiger partial charge in [0.1, 0.15) is 17.0 Å². The van der Waals surface area contributed by atoms with Crippen molar-refractivity contribution in [2.75, 3.05) is 39.3 Å². The second kappa shape index (κ2) is 12.6. The number of aromatic nitrogens is 3. The summed E-state index contributed by atoms with van der Waals surface area (Å²) >= 11 is 0. The van der Waals surface area contributed by atoms with Gasteiger partial charge in [0.05, 0.1) is 29.6 Å². The molecular weight excluding hydrogens is 516 g/mol. The molecule has 1 aromatic carbocycles. The fraction of sp³-hybridized carbons (Fsp3) is 0.414. The molecule has 0 atom stereocenters. The maximum atomic E-state index is 15.3. The normalized spacial score (nSPS) is 15.7. The lowest BCUT2D eigenvalue weighted by Crippen LogP contribution is -2.36. The van der Waals surface area contributed by atoms with Crippen LogP contribution in [0, 0.1) is 19.7 Å². The van der Waals surface area contributed by atoms with Crippen LogP contribution < -0.4 is 0 Å². The van der Waals surface area contributed by atoms with Crippen LogP contribution in [0.1, 0.15) is 53.7 Å². The Morgan fingerprint density at radius 1 is 1.18 bits per heavy atom. The number of imidazole rings is 1. The number of carbonyl (C=O) groups is 1. The molecule has 3 heterocycles. The van der Waals surface area contributed by atoms with Gasteiger partial charge in [-0.1, -0.05) is 0 Å². The Morgan fingerprint density at radius 2 is 1.95 bits per heavy atom. The third kappa shape index (κ3) is 6.15. The van der Waals surface area contributed by atoms with E-state index < -0.39 is 11.6 Å². The van der Waals surface area contributed by atoms with Gasteiger partial charge in [0.15, 0.2) is 17.5 Å². The highest BCUT2D eigenvalue weighted by Crippen LogP contribution is 2.29. The number of amides is 1. The maximum Gasteiger partial charge on any atom is 0.255 e. The predicted molar refractivity (Wildman–Crippen MR) is 154 cm³/mol. The van der Waals surface area contributed by atoms with Crippen molar-refractivity contribution in [3.8, 4) is 0 Å². The van der Waals surface area contributed by atoms with E-state index in [4.69, 9.17) is 0 Å². The number of β-amino-alcohol motifs (C(OH)–C–C–N with tert-alkyl or cyclic N) is 1. The minimum atomic E-state index is -0.808. The van der Waals surface area contributed by atoms with Crippen LogP contribution in [-0.4, -0.2) is 87.6 Å². The molecule has 1 N–H and O–H groups in total. The molecule has 0 spiro atoms. The zero-order valence-electron chi connectivity index (χ0n) is 23.4. The molecule has 2 aromatic heterocycles. The molecule has 3 aromatic rings. The number of hydrogen-bond donors (Lipinski definition) is 1. The van der Waals surface area contributed by atoms with E-state index in [0.29, 0.717) is 48.8 Å². The fourth-order valence-corrected chi connectivity index (χ4v) is 5.10. The number of fused-ring (bicyclic) bond motifs is 1. The van der Waals surface area contributed by atoms with Crippen molar-refractivity contribution in [1.29, 1.82) is 0 Å². The second-order valence-corrected chi connectivity index (χ2v) is 10.1. The van der Waals surface area contributed by atoms with Gasteiger partial charge in [-0.25, -0.2) is 23.7 Å². The molecule has 1 fully saturated rings. The number of aliphatic hydroxyl groups is 1. The van der Waals surface area contributed by atoms with Crippen LogP contribution in [0.15, 0.2) is 40.1 Å². The number of pyridine rings is 1. The third-order valence-corrected chi connectivity index (χ3v) is 7.00. The summed E-state index contributed by atoms with van der Waals surface area (Å²) in [5.41, 5.74) is 1.75. The van der Waals surface area contributed by atoms with Gasteiger partial charge in [-0.05, 0) is 71.6 Å². The Labute approximate surface area is 232 Å². The number of aliphatic imine (C=N–C) groups is 2. The van der Waals surface area contributed by atoms with Crippen LogP contribution in [0.25, 0.3) is 16.7 Å². The molecule has 40 heavy (non-hydrogen) atoms. The van der Waals surface area contributed by atoms with E-state index in [1.165, 1.54) is 6.07 Å². The van der Waals surface area contributed by atoms with Crippen molar-refractivity contribution in [2.24, 2.45) is 9.98 Å². The topological polar surface area (TPSA) is 99.2 Å². The summed E-state index contributed by atoms with van der Waals surface area (Å²) < 4.78 is 32.0. The van der Waals surface area contributed by atoms with Crippen molar-refractivity contribution < 1.29 is 18.7 Å². The average molecular weight is 552 g/mol. The minimum Gasteiger partial charge on any atom is -0.395 e. The first-order valence-corrected chi connectivity index (χ1v) is 13.3. The van der Waals surface area contributed by atoms with Crippen LogP contribution >= 0.6 is 0 Å². The van der Waals surface area contributed by atoms with E-state index >= 15 is 4.39 Å². The number of halogens is 2. The lowest BCUT2D eigenvalue weighted by Gasteiger charge is -2.22. The predicted octanol–water partition coefficient (Wildman–Crippen LogP) is 4.65. The van der Waals surface area contributed by atoms with Gasteiger partial charge in [-0.3, -0.25) is 14.7 Å². The lowest BCUT2D eigenvalue weighted by molar-refractivity contribution is 0.0759. The molecule has 1 aliphatic rings. The number of nitrogens with zero attached hydrogens (tertiary/aromatic N) is 7. The molecule has 0 radical (unpaired) electrons. The molecule has 1 saturated heterocycles. The quantitative estimate of drug-likeness (QED) is 0.411. The van der Waals surface area contributed by atoms with E-state index in [0.717, 1.165) is 19.2 Å². The minimum absolute atomic E-state index is 0.0275. The number of carbonyl (C=O) groups excluding carboxylic acids is 1. The number of hydrogen-bond acceptors (Lipinski definition) is 7. The second-order valence-electron chi connectivity index (χ2n) is 10.1. The van der Waals surface area contributed by atoms with Crippen molar-refractivity contribution in [3.63, 3.8) is 0 Å². The molecule has 0 aliphatic carbocycles. The van der Waals surface area contributed by atoms with Gasteiger partial charge in [0.25, 0.3) is 5.91 Å². The van der Waals surface area contributed by atoms with Gasteiger partial charge < -0.3 is 14.6 Å². The molecule has 0 unspecified atom stereocenters. The first-order chi connectivity index (χ1) is 19.1. The summed E-state index contributed by atoms with van der Waals surface area (Å²) in [7, 11) is 0. The largest absolute Gasteiger partial charge is 0.395 e. The van der Waals surface area contributed by atoms with Crippen molar-refractivity contribution in [2.45, 2.75) is 40.2 Å². The molecule has 0 saturated carbocycles. The van der Waals surface area contributed by atoms with Gasteiger partial charge in [0.2, 0.25) is 0 Å². The smallest absolute Gasteiger partial charge is 0.255 e. The standard InChI is InChI=1S/C29H35F2N7O2/c1-18(2)38-20(4)35-28-23(30)15-21(16-25(28)38)27(32-5)24(31)17-33-26-8-7-22(19(3)34-26)29(40)37-10-6-9-36(11-12-37)13-14-39/h7-8,15-18,39H,5-6,9-14H2,1-4H3/b27-24+,33-17?. The number of rotatable bonds is 8. The van der Waals surface area contributed by atoms with E-state index in [2.05, 4.69) is 31.6 Å². The number of benzene rings is 1. The Kier molecular flexibility index (Phi) is 9.16. The van der Waals surface area contributed by atoms with E-state index in [9.17, 15) is 14.3 Å². The number of aliphatic hydroxyl groups excluding tert-OH is 1. The monoisotopic (exact) mass is 551 g/mol. The van der Waals surface area contributed by atoms with Crippen molar-refractivity contribution in [1.82, 2.24) is 24.3 Å². The Morgan fingerprint density at radius 3 is 2.62 bits per heavy atom. The summed E-state index contributed by atoms with van der Waals surface area (Å²) in [6, 6.07) is 6.05. The Hall–Kier alpha value is -3.83. The van der Waals surface area contributed by atoms with Crippen LogP contribution in [-0.2, 0) is 0 Å². The highest BCUT2D eigenvalue weighted by atomic mass is 19.1. The van der Waals surface area contributed by atoms with E-state index in [-0.39, 0.29) is 41.2 Å². The zero-order valence-corrected chi connectivity index (χ0v) is 23.4. The van der Waals surface area contributed by atoms with Crippen LogP contribution in [0.5, 0.6) is 0 Å². The summed E-state index contributed by atoms with van der Waals surface area (Å²) in [6.07, 6.45) is 1.78. The number of aryl methyl sites for hydroxylation is 2. The molecule has 212 valence electrons. The summed E-state index contributed by atoms with van der Waals surface area (Å²) in [5, 5.41) is 9.19. The number of allylic oxidation sites excluding steroid dienone is 1. The zero-order chi connectivity index (χ0) is 29.0. The van der Waals surface area contributed by atoms with E-state index in [1.54, 1.807) is 36.9 Å². The average Bonchev–Trinajstić information content (AvgIpc) is 3.08. The van der Waals surface area contributed by atoms with Crippen molar-refractivity contribution in [3.05, 3.63) is 58.6 Å². The van der Waals surface area contributed by atoms with Gasteiger partial charge >= 0.3 is 0 Å². The summed E-state index contributed by atoms with van der Waals surface area (Å²) in [4.78, 5) is 33.7. The fourth-order valence-electron chi connectivity index (χ4n) is 5.10. The molecule has 1 amide bonds. The maximum absolute atomic E-state index is 15.3. The highest BCUT2D eigenvalue weighted by Gasteiger charge is 2.22. The summed E-state index contributed by atoms with van der Waals surface area (Å²) in [6.45, 7) is 14.3. The molecule has 11 heteroatoms. The molecule has 4 rings (SSSR count). The molecule has 0 bridgehead atoms. The van der Waals surface area contributed by atoms with Crippen LogP contribution in [0.3, 0.4) is 0 Å². The van der Waals surface area contributed by atoms with E-state index in [1.807, 2.05) is 18.4 Å².